The van der Waals surface area contributed by atoms with Gasteiger partial charge in [-0.15, -0.1) is 0 Å². The molecule has 34 heavy (non-hydrogen) atoms. The monoisotopic (exact) mass is 468 g/mol. The molecular formula is C25H28N2O7. The first-order valence-corrected chi connectivity index (χ1v) is 11.2. The zero-order valence-corrected chi connectivity index (χ0v) is 18.9. The van der Waals surface area contributed by atoms with Gasteiger partial charge in [-0.05, 0) is 28.7 Å². The summed E-state index contributed by atoms with van der Waals surface area (Å²) in [6.45, 7) is 0.359. The molecule has 2 unspecified atom stereocenters. The first kappa shape index (κ1) is 23.7. The molecule has 1 saturated heterocycles. The van der Waals surface area contributed by atoms with E-state index in [1.54, 1.807) is 0 Å². The summed E-state index contributed by atoms with van der Waals surface area (Å²) in [4.78, 5) is 36.2. The summed E-state index contributed by atoms with van der Waals surface area (Å²) >= 11 is 0. The number of methoxy groups -OCH3 is 1. The maximum atomic E-state index is 12.6. The van der Waals surface area contributed by atoms with Crippen molar-refractivity contribution in [3.05, 3.63) is 59.7 Å². The molecule has 0 aromatic heterocycles. The first-order chi connectivity index (χ1) is 16.5. The zero-order valence-electron chi connectivity index (χ0n) is 18.9. The number of fused-ring (bicyclic) bond motifs is 3. The molecule has 0 spiro atoms. The van der Waals surface area contributed by atoms with Crippen LogP contribution in [0.25, 0.3) is 11.1 Å². The number of benzene rings is 2. The molecule has 2 aromatic rings. The molecule has 2 aromatic carbocycles. The second kappa shape index (κ2) is 10.7. The zero-order chi connectivity index (χ0) is 24.1. The van der Waals surface area contributed by atoms with Gasteiger partial charge in [0.15, 0.2) is 0 Å². The van der Waals surface area contributed by atoms with Crippen LogP contribution in [0.1, 0.15) is 23.5 Å². The average molecular weight is 469 g/mol. The molecule has 1 fully saturated rings. The van der Waals surface area contributed by atoms with E-state index >= 15 is 0 Å². The predicted octanol–water partition coefficient (Wildman–Crippen LogP) is 2.15. The Morgan fingerprint density at radius 1 is 1.09 bits per heavy atom. The number of ether oxygens (including phenoxy) is 3. The van der Waals surface area contributed by atoms with Crippen LogP contribution < -0.4 is 10.6 Å². The second-order valence-corrected chi connectivity index (χ2v) is 8.45. The summed E-state index contributed by atoms with van der Waals surface area (Å²) in [5, 5.41) is 14.3. The van der Waals surface area contributed by atoms with E-state index in [9.17, 15) is 14.4 Å². The fourth-order valence-corrected chi connectivity index (χ4v) is 4.49. The Labute approximate surface area is 197 Å². The predicted molar refractivity (Wildman–Crippen MR) is 122 cm³/mol. The van der Waals surface area contributed by atoms with E-state index in [0.717, 1.165) is 22.3 Å². The average Bonchev–Trinajstić information content (AvgIpc) is 3.44. The number of hydrogen-bond acceptors (Lipinski definition) is 6. The number of carbonyl (C=O) groups is 3. The van der Waals surface area contributed by atoms with Crippen LogP contribution in [0, 0.1) is 5.92 Å². The number of carbonyl (C=O) groups excluding carboxylic acids is 2. The summed E-state index contributed by atoms with van der Waals surface area (Å²) in [7, 11) is 1.43. The van der Waals surface area contributed by atoms with Gasteiger partial charge in [-0.2, -0.15) is 0 Å². The lowest BCUT2D eigenvalue weighted by Gasteiger charge is -2.20. The van der Waals surface area contributed by atoms with E-state index in [0.29, 0.717) is 6.42 Å². The van der Waals surface area contributed by atoms with Crippen LogP contribution in [0.15, 0.2) is 48.5 Å². The molecule has 2 amide bonds. The van der Waals surface area contributed by atoms with Gasteiger partial charge in [0.2, 0.25) is 5.91 Å². The lowest BCUT2D eigenvalue weighted by molar-refractivity contribution is -0.141. The van der Waals surface area contributed by atoms with Crippen molar-refractivity contribution < 1.29 is 33.7 Å². The molecule has 9 heteroatoms. The number of alkyl carbamates (subject to hydrolysis) is 1. The van der Waals surface area contributed by atoms with Gasteiger partial charge in [-0.1, -0.05) is 48.5 Å². The Hall–Kier alpha value is -3.43. The number of rotatable bonds is 9. The van der Waals surface area contributed by atoms with Crippen LogP contribution in [0.2, 0.25) is 0 Å². The molecule has 3 N–H and O–H groups in total. The minimum atomic E-state index is -0.961. The van der Waals surface area contributed by atoms with Gasteiger partial charge in [0.1, 0.15) is 12.6 Å². The van der Waals surface area contributed by atoms with Crippen molar-refractivity contribution in [3.63, 3.8) is 0 Å². The largest absolute Gasteiger partial charge is 0.481 e. The summed E-state index contributed by atoms with van der Waals surface area (Å²) < 4.78 is 16.0. The Bertz CT molecular complexity index is 1010. The number of amides is 2. The third kappa shape index (κ3) is 5.21. The Morgan fingerprint density at radius 2 is 1.74 bits per heavy atom. The van der Waals surface area contributed by atoms with Gasteiger partial charge < -0.3 is 30.0 Å². The smallest absolute Gasteiger partial charge is 0.407 e. The van der Waals surface area contributed by atoms with Crippen LogP contribution in [0.4, 0.5) is 4.79 Å². The van der Waals surface area contributed by atoms with Crippen molar-refractivity contribution in [2.24, 2.45) is 5.92 Å². The van der Waals surface area contributed by atoms with Gasteiger partial charge in [0.05, 0.1) is 25.2 Å². The van der Waals surface area contributed by atoms with Crippen LogP contribution in [0.3, 0.4) is 0 Å². The second-order valence-electron chi connectivity index (χ2n) is 8.45. The molecule has 2 aliphatic rings. The van der Waals surface area contributed by atoms with E-state index in [1.165, 1.54) is 7.11 Å². The van der Waals surface area contributed by atoms with Crippen molar-refractivity contribution in [3.8, 4) is 11.1 Å². The molecule has 1 aliphatic carbocycles. The Kier molecular flexibility index (Phi) is 7.44. The van der Waals surface area contributed by atoms with Crippen molar-refractivity contribution in [1.29, 1.82) is 0 Å². The molecule has 0 radical (unpaired) electrons. The maximum Gasteiger partial charge on any atom is 0.407 e. The third-order valence-electron chi connectivity index (χ3n) is 6.22. The number of aliphatic carboxylic acids is 1. The van der Waals surface area contributed by atoms with Crippen LogP contribution in [-0.2, 0) is 23.8 Å². The summed E-state index contributed by atoms with van der Waals surface area (Å²) in [6.07, 6.45) is -0.783. The molecule has 180 valence electrons. The minimum Gasteiger partial charge on any atom is -0.481 e. The van der Waals surface area contributed by atoms with Crippen molar-refractivity contribution in [2.45, 2.75) is 24.5 Å². The van der Waals surface area contributed by atoms with Gasteiger partial charge in [-0.3, -0.25) is 9.59 Å². The first-order valence-electron chi connectivity index (χ1n) is 11.2. The van der Waals surface area contributed by atoms with Crippen LogP contribution in [-0.4, -0.2) is 68.7 Å². The normalized spacial score (nSPS) is 19.7. The lowest BCUT2D eigenvalue weighted by Crippen LogP contribution is -2.50. The number of nitrogens with one attached hydrogen (secondary N) is 2. The minimum absolute atomic E-state index is 0.0424. The lowest BCUT2D eigenvalue weighted by atomic mass is 9.98. The third-order valence-corrected chi connectivity index (χ3v) is 6.22. The van der Waals surface area contributed by atoms with E-state index < -0.39 is 29.9 Å². The van der Waals surface area contributed by atoms with Gasteiger partial charge in [0, 0.05) is 19.6 Å². The summed E-state index contributed by atoms with van der Waals surface area (Å²) in [5.74, 6) is -2.04. The quantitative estimate of drug-likeness (QED) is 0.515. The highest BCUT2D eigenvalue weighted by Crippen LogP contribution is 2.44. The van der Waals surface area contributed by atoms with E-state index in [4.69, 9.17) is 19.3 Å². The highest BCUT2D eigenvalue weighted by molar-refractivity contribution is 5.86. The summed E-state index contributed by atoms with van der Waals surface area (Å²) in [5.41, 5.74) is 4.45. The molecule has 3 atom stereocenters. The van der Waals surface area contributed by atoms with Crippen LogP contribution >= 0.6 is 0 Å². The highest BCUT2D eigenvalue weighted by Gasteiger charge is 2.32. The number of hydrogen-bond donors (Lipinski definition) is 3. The summed E-state index contributed by atoms with van der Waals surface area (Å²) in [6, 6.07) is 15.1. The molecular weight excluding hydrogens is 440 g/mol. The van der Waals surface area contributed by atoms with Crippen molar-refractivity contribution >= 4 is 18.0 Å². The van der Waals surface area contributed by atoms with Crippen LogP contribution in [0.5, 0.6) is 0 Å². The Morgan fingerprint density at radius 3 is 2.32 bits per heavy atom. The maximum absolute atomic E-state index is 12.6. The SMILES string of the molecule is COC[C@H](NC(=O)OCC1c2ccccc2-c2ccccc21)C(=O)NCC1CC(C(=O)O)CO1. The number of carboxylic acids is 1. The molecule has 9 nitrogen and oxygen atoms in total. The molecule has 0 saturated carbocycles. The van der Waals surface area contributed by atoms with E-state index in [2.05, 4.69) is 22.8 Å². The van der Waals surface area contributed by atoms with Gasteiger partial charge >= 0.3 is 12.1 Å². The van der Waals surface area contributed by atoms with Crippen molar-refractivity contribution in [2.75, 3.05) is 33.5 Å². The molecule has 1 heterocycles. The van der Waals surface area contributed by atoms with Crippen molar-refractivity contribution in [1.82, 2.24) is 10.6 Å². The highest BCUT2D eigenvalue weighted by atomic mass is 16.5. The molecule has 0 bridgehead atoms. The topological polar surface area (TPSA) is 123 Å². The molecule has 1 aliphatic heterocycles. The van der Waals surface area contributed by atoms with Gasteiger partial charge in [-0.25, -0.2) is 4.79 Å². The van der Waals surface area contributed by atoms with Gasteiger partial charge in [0.25, 0.3) is 0 Å². The fraction of sp³-hybridized carbons (Fsp3) is 0.400. The van der Waals surface area contributed by atoms with E-state index in [-0.39, 0.29) is 38.4 Å². The number of carboxylic acid groups (broad SMARTS) is 1. The Balaban J connectivity index is 1.31. The van der Waals surface area contributed by atoms with E-state index in [1.807, 2.05) is 36.4 Å². The fourth-order valence-electron chi connectivity index (χ4n) is 4.49. The molecule has 4 rings (SSSR count). The standard InChI is InChI=1S/C25H28N2O7/c1-32-14-22(23(28)26-11-16-10-15(12-33-16)24(29)30)27-25(31)34-13-21-19-8-4-2-6-17(19)18-7-3-5-9-20(18)21/h2-9,15-16,21-22H,10-14H2,1H3,(H,26,28)(H,27,31)(H,29,30)/t15?,16?,22-/m0/s1.